The highest BCUT2D eigenvalue weighted by molar-refractivity contribution is 5.68. The number of nitrogens with zero attached hydrogens (tertiary/aromatic N) is 3. The average Bonchev–Trinajstić information content (AvgIpc) is 2.59. The van der Waals surface area contributed by atoms with E-state index in [1.165, 1.54) is 45.6 Å². The standard InChI is InChI=1S/C19H35N3O2/c1-3-4-5-6-7-9-12-15-18(21-22-20)16-13-10-8-11-14-17-19(23)24-2/h15H,3-14,16-17H2,1-2H3/b18-15+. The summed E-state index contributed by atoms with van der Waals surface area (Å²) >= 11 is 0. The van der Waals surface area contributed by atoms with Gasteiger partial charge in [-0.2, -0.15) is 0 Å². The Morgan fingerprint density at radius 1 is 0.958 bits per heavy atom. The maximum atomic E-state index is 11.0. The van der Waals surface area contributed by atoms with Gasteiger partial charge in [-0.25, -0.2) is 0 Å². The first-order valence-corrected chi connectivity index (χ1v) is 9.55. The lowest BCUT2D eigenvalue weighted by molar-refractivity contribution is -0.140. The number of rotatable bonds is 16. The van der Waals surface area contributed by atoms with Crippen molar-refractivity contribution in [3.8, 4) is 0 Å². The molecule has 0 unspecified atom stereocenters. The summed E-state index contributed by atoms with van der Waals surface area (Å²) in [6, 6.07) is 0. The van der Waals surface area contributed by atoms with Crippen LogP contribution in [0.15, 0.2) is 16.9 Å². The molecular weight excluding hydrogens is 302 g/mol. The van der Waals surface area contributed by atoms with Crippen molar-refractivity contribution in [2.75, 3.05) is 7.11 Å². The SMILES string of the molecule is CCCCCCCC/C=C(\CCCCCCCC(=O)OC)N=[N+]=[N-]. The monoisotopic (exact) mass is 337 g/mol. The summed E-state index contributed by atoms with van der Waals surface area (Å²) in [6.45, 7) is 2.23. The second-order valence-electron chi connectivity index (χ2n) is 6.29. The molecule has 0 saturated heterocycles. The fourth-order valence-corrected chi connectivity index (χ4v) is 2.65. The summed E-state index contributed by atoms with van der Waals surface area (Å²) in [4.78, 5) is 13.9. The molecule has 0 spiro atoms. The van der Waals surface area contributed by atoms with Crippen LogP contribution in [0.2, 0.25) is 0 Å². The fourth-order valence-electron chi connectivity index (χ4n) is 2.65. The summed E-state index contributed by atoms with van der Waals surface area (Å²) in [6.07, 6.45) is 17.4. The Labute approximate surface area is 147 Å². The van der Waals surface area contributed by atoms with Crippen molar-refractivity contribution >= 4 is 5.97 Å². The molecule has 0 radical (unpaired) electrons. The van der Waals surface area contributed by atoms with Crippen molar-refractivity contribution in [2.45, 2.75) is 96.8 Å². The van der Waals surface area contributed by atoms with Crippen LogP contribution >= 0.6 is 0 Å². The van der Waals surface area contributed by atoms with E-state index < -0.39 is 0 Å². The highest BCUT2D eigenvalue weighted by Crippen LogP contribution is 2.15. The van der Waals surface area contributed by atoms with Crippen LogP contribution in [0.25, 0.3) is 10.4 Å². The number of allylic oxidation sites excluding steroid dienone is 2. The Bertz CT molecular complexity index is 388. The van der Waals surface area contributed by atoms with E-state index in [9.17, 15) is 4.79 Å². The summed E-state index contributed by atoms with van der Waals surface area (Å²) in [5.41, 5.74) is 9.55. The summed E-state index contributed by atoms with van der Waals surface area (Å²) in [5.74, 6) is -0.127. The van der Waals surface area contributed by atoms with Gasteiger partial charge in [-0.15, -0.1) is 0 Å². The Kier molecular flexibility index (Phi) is 16.8. The van der Waals surface area contributed by atoms with Gasteiger partial charge in [0.1, 0.15) is 0 Å². The molecule has 0 rings (SSSR count). The van der Waals surface area contributed by atoms with E-state index in [1.54, 1.807) is 0 Å². The van der Waals surface area contributed by atoms with Crippen LogP contribution in [0.5, 0.6) is 0 Å². The van der Waals surface area contributed by atoms with Gasteiger partial charge in [0.15, 0.2) is 0 Å². The lowest BCUT2D eigenvalue weighted by atomic mass is 10.1. The molecule has 138 valence electrons. The van der Waals surface area contributed by atoms with Crippen molar-refractivity contribution in [3.05, 3.63) is 22.2 Å². The van der Waals surface area contributed by atoms with Gasteiger partial charge in [-0.05, 0) is 37.6 Å². The van der Waals surface area contributed by atoms with Crippen molar-refractivity contribution in [2.24, 2.45) is 5.11 Å². The van der Waals surface area contributed by atoms with Gasteiger partial charge in [0.2, 0.25) is 0 Å². The number of ether oxygens (including phenoxy) is 1. The third-order valence-electron chi connectivity index (χ3n) is 4.15. The van der Waals surface area contributed by atoms with Gasteiger partial charge in [0.05, 0.1) is 7.11 Å². The van der Waals surface area contributed by atoms with Crippen LogP contribution in [0.4, 0.5) is 0 Å². The molecule has 0 aromatic rings. The maximum Gasteiger partial charge on any atom is 0.305 e. The summed E-state index contributed by atoms with van der Waals surface area (Å²) in [5, 5.41) is 3.82. The molecule has 0 aliphatic rings. The largest absolute Gasteiger partial charge is 0.469 e. The maximum absolute atomic E-state index is 11.0. The van der Waals surface area contributed by atoms with Gasteiger partial charge in [0.25, 0.3) is 0 Å². The van der Waals surface area contributed by atoms with Crippen molar-refractivity contribution in [3.63, 3.8) is 0 Å². The van der Waals surface area contributed by atoms with E-state index in [4.69, 9.17) is 5.53 Å². The highest BCUT2D eigenvalue weighted by Gasteiger charge is 2.00. The molecule has 0 heterocycles. The normalized spacial score (nSPS) is 11.2. The molecule has 0 saturated carbocycles. The van der Waals surface area contributed by atoms with Crippen LogP contribution in [-0.4, -0.2) is 13.1 Å². The molecule has 5 nitrogen and oxygen atoms in total. The van der Waals surface area contributed by atoms with Crippen molar-refractivity contribution in [1.82, 2.24) is 0 Å². The number of carbonyl (C=O) groups is 1. The molecule has 0 aliphatic heterocycles. The van der Waals surface area contributed by atoms with Crippen LogP contribution in [-0.2, 0) is 9.53 Å². The van der Waals surface area contributed by atoms with Crippen LogP contribution in [0, 0.1) is 0 Å². The minimum absolute atomic E-state index is 0.127. The molecule has 0 N–H and O–H groups in total. The number of azide groups is 1. The van der Waals surface area contributed by atoms with E-state index in [1.807, 2.05) is 0 Å². The predicted octanol–water partition coefficient (Wildman–Crippen LogP) is 6.83. The topological polar surface area (TPSA) is 75.1 Å². The second kappa shape index (κ2) is 17.9. The number of carbonyl (C=O) groups excluding carboxylic acids is 1. The van der Waals surface area contributed by atoms with Gasteiger partial charge < -0.3 is 4.74 Å². The number of esters is 1. The lowest BCUT2D eigenvalue weighted by Crippen LogP contribution is -1.99. The number of hydrogen-bond donors (Lipinski definition) is 0. The zero-order chi connectivity index (χ0) is 17.9. The predicted molar refractivity (Wildman–Crippen MR) is 99.6 cm³/mol. The number of unbranched alkanes of at least 4 members (excludes halogenated alkanes) is 10. The van der Waals surface area contributed by atoms with Crippen molar-refractivity contribution < 1.29 is 9.53 Å². The quantitative estimate of drug-likeness (QED) is 0.102. The molecule has 24 heavy (non-hydrogen) atoms. The molecule has 0 aromatic heterocycles. The Morgan fingerprint density at radius 3 is 2.17 bits per heavy atom. The molecular formula is C19H35N3O2. The van der Waals surface area contributed by atoms with Crippen LogP contribution < -0.4 is 0 Å². The van der Waals surface area contributed by atoms with Gasteiger partial charge in [0, 0.05) is 17.0 Å². The van der Waals surface area contributed by atoms with E-state index in [-0.39, 0.29) is 5.97 Å². The molecule has 5 heteroatoms. The van der Waals surface area contributed by atoms with E-state index in [0.29, 0.717) is 6.42 Å². The Morgan fingerprint density at radius 2 is 1.54 bits per heavy atom. The van der Waals surface area contributed by atoms with Crippen LogP contribution in [0.3, 0.4) is 0 Å². The zero-order valence-electron chi connectivity index (χ0n) is 15.6. The molecule has 0 amide bonds. The number of hydrogen-bond acceptors (Lipinski definition) is 3. The summed E-state index contributed by atoms with van der Waals surface area (Å²) < 4.78 is 4.62. The van der Waals surface area contributed by atoms with Crippen LogP contribution in [0.1, 0.15) is 96.8 Å². The minimum Gasteiger partial charge on any atom is -0.469 e. The van der Waals surface area contributed by atoms with E-state index >= 15 is 0 Å². The first-order chi connectivity index (χ1) is 11.7. The van der Waals surface area contributed by atoms with Gasteiger partial charge in [-0.1, -0.05) is 69.5 Å². The zero-order valence-corrected chi connectivity index (χ0v) is 15.6. The van der Waals surface area contributed by atoms with Crippen molar-refractivity contribution in [1.29, 1.82) is 0 Å². The molecule has 0 aliphatic carbocycles. The number of methoxy groups -OCH3 is 1. The smallest absolute Gasteiger partial charge is 0.305 e. The first-order valence-electron chi connectivity index (χ1n) is 9.55. The third-order valence-corrected chi connectivity index (χ3v) is 4.15. The Balaban J connectivity index is 3.70. The summed E-state index contributed by atoms with van der Waals surface area (Å²) in [7, 11) is 1.43. The molecule has 0 atom stereocenters. The lowest BCUT2D eigenvalue weighted by Gasteiger charge is -2.03. The Hall–Kier alpha value is -1.48. The van der Waals surface area contributed by atoms with E-state index in [0.717, 1.165) is 50.6 Å². The third kappa shape index (κ3) is 15.4. The molecule has 0 fully saturated rings. The second-order valence-corrected chi connectivity index (χ2v) is 6.29. The minimum atomic E-state index is -0.127. The fraction of sp³-hybridized carbons (Fsp3) is 0.842. The highest BCUT2D eigenvalue weighted by atomic mass is 16.5. The molecule has 0 aromatic carbocycles. The van der Waals surface area contributed by atoms with E-state index in [2.05, 4.69) is 27.8 Å². The average molecular weight is 338 g/mol. The molecule has 0 bridgehead atoms. The van der Waals surface area contributed by atoms with Gasteiger partial charge >= 0.3 is 5.97 Å². The van der Waals surface area contributed by atoms with Gasteiger partial charge in [-0.3, -0.25) is 4.79 Å². The first kappa shape index (κ1) is 22.5.